The van der Waals surface area contributed by atoms with Crippen molar-refractivity contribution >= 4 is 17.9 Å². The minimum absolute atomic E-state index is 0.116. The van der Waals surface area contributed by atoms with E-state index >= 15 is 0 Å². The average Bonchev–Trinajstić information content (AvgIpc) is 3.37. The standard InChI is InChI=1S/C65H102O6/c1-4-7-10-13-16-19-22-25-27-28-29-30-31-32-33-34-35-36-38-40-43-46-49-52-55-58-64(67)70-61-62(60-69-63(66)57-54-51-48-45-42-39-24-21-18-15-12-9-6-3)71-65(68)59-56-53-50-47-44-41-37-26-23-20-17-14-11-8-5-2/h7-12,16-21,25-27,29-30,32-33,37,39,42,48,51,62H,4-6,13-15,22-24,28,31,34-36,38,40-41,43-47,49-50,52-61H2,1-3H3/b10-7-,11-8-,12-9-,19-16-,20-17-,21-18-,27-25-,30-29-,33-32-,37-26-,42-39-,51-48-. The van der Waals surface area contributed by atoms with Crippen LogP contribution < -0.4 is 0 Å². The van der Waals surface area contributed by atoms with Gasteiger partial charge in [0.1, 0.15) is 13.2 Å². The first-order valence-corrected chi connectivity index (χ1v) is 28.3. The summed E-state index contributed by atoms with van der Waals surface area (Å²) in [6.07, 6.45) is 82.8. The summed E-state index contributed by atoms with van der Waals surface area (Å²) in [6, 6.07) is 0. The van der Waals surface area contributed by atoms with Crippen LogP contribution in [0.2, 0.25) is 0 Å². The van der Waals surface area contributed by atoms with Gasteiger partial charge in [-0.05, 0) is 122 Å². The largest absolute Gasteiger partial charge is 0.462 e. The number of carbonyl (C=O) groups is 3. The van der Waals surface area contributed by atoms with Gasteiger partial charge in [-0.2, -0.15) is 0 Å². The Kier molecular flexibility index (Phi) is 54.0. The molecule has 0 aliphatic heterocycles. The lowest BCUT2D eigenvalue weighted by Crippen LogP contribution is -2.30. The normalized spacial score (nSPS) is 13.2. The van der Waals surface area contributed by atoms with Crippen molar-refractivity contribution in [1.82, 2.24) is 0 Å². The maximum absolute atomic E-state index is 12.8. The molecule has 0 rings (SSSR count). The van der Waals surface area contributed by atoms with Crippen LogP contribution in [0.4, 0.5) is 0 Å². The summed E-state index contributed by atoms with van der Waals surface area (Å²) >= 11 is 0. The molecule has 1 atom stereocenters. The van der Waals surface area contributed by atoms with Crippen molar-refractivity contribution in [1.29, 1.82) is 0 Å². The molecule has 0 radical (unpaired) electrons. The van der Waals surface area contributed by atoms with Crippen molar-refractivity contribution in [2.75, 3.05) is 13.2 Å². The maximum Gasteiger partial charge on any atom is 0.306 e. The van der Waals surface area contributed by atoms with Crippen molar-refractivity contribution in [3.63, 3.8) is 0 Å². The highest BCUT2D eigenvalue weighted by atomic mass is 16.6. The molecule has 0 aliphatic carbocycles. The highest BCUT2D eigenvalue weighted by molar-refractivity contribution is 5.71. The van der Waals surface area contributed by atoms with Crippen LogP contribution in [0.5, 0.6) is 0 Å². The Morgan fingerprint density at radius 2 is 0.535 bits per heavy atom. The Morgan fingerprint density at radius 1 is 0.282 bits per heavy atom. The molecular formula is C65H102O6. The molecule has 0 aromatic rings. The topological polar surface area (TPSA) is 78.9 Å². The summed E-state index contributed by atoms with van der Waals surface area (Å²) < 4.78 is 16.8. The number of allylic oxidation sites excluding steroid dienone is 24. The fraction of sp³-hybridized carbons (Fsp3) is 0.585. The van der Waals surface area contributed by atoms with E-state index in [1.807, 2.05) is 12.2 Å². The Hall–Kier alpha value is -4.71. The molecule has 0 spiro atoms. The third-order valence-corrected chi connectivity index (χ3v) is 11.3. The molecule has 0 aliphatic rings. The molecule has 0 amide bonds. The zero-order chi connectivity index (χ0) is 51.4. The molecule has 0 N–H and O–H groups in total. The molecular weight excluding hydrogens is 877 g/mol. The number of ether oxygens (including phenoxy) is 3. The first kappa shape index (κ1) is 66.3. The van der Waals surface area contributed by atoms with Gasteiger partial charge < -0.3 is 14.2 Å². The molecule has 0 bridgehead atoms. The number of rotatable bonds is 49. The van der Waals surface area contributed by atoms with Gasteiger partial charge in [-0.1, -0.05) is 231 Å². The van der Waals surface area contributed by atoms with Crippen LogP contribution >= 0.6 is 0 Å². The van der Waals surface area contributed by atoms with Crippen molar-refractivity contribution in [3.05, 3.63) is 146 Å². The van der Waals surface area contributed by atoms with Crippen molar-refractivity contribution in [2.45, 2.75) is 232 Å². The van der Waals surface area contributed by atoms with Crippen LogP contribution in [-0.2, 0) is 28.6 Å². The number of unbranched alkanes of at least 4 members (excludes halogenated alkanes) is 14. The Morgan fingerprint density at radius 3 is 0.873 bits per heavy atom. The molecule has 0 aromatic carbocycles. The molecule has 0 saturated heterocycles. The second-order valence-corrected chi connectivity index (χ2v) is 18.0. The van der Waals surface area contributed by atoms with E-state index in [4.69, 9.17) is 14.2 Å². The first-order chi connectivity index (χ1) is 35.0. The van der Waals surface area contributed by atoms with Crippen LogP contribution in [0.15, 0.2) is 146 Å². The van der Waals surface area contributed by atoms with Crippen LogP contribution in [0.1, 0.15) is 226 Å². The molecule has 398 valence electrons. The number of hydrogen-bond donors (Lipinski definition) is 0. The van der Waals surface area contributed by atoms with Gasteiger partial charge in [0.05, 0.1) is 0 Å². The summed E-state index contributed by atoms with van der Waals surface area (Å²) in [6.45, 7) is 6.20. The molecule has 6 heteroatoms. The minimum atomic E-state index is -0.825. The van der Waals surface area contributed by atoms with E-state index in [9.17, 15) is 14.4 Å². The van der Waals surface area contributed by atoms with E-state index in [-0.39, 0.29) is 44.0 Å². The SMILES string of the molecule is CC/C=C\C/C=C\C/C=C\C/C=C\C/C=C\CCCCCCCCCCCC(=O)OCC(COC(=O)CC/C=C\C/C=C\C/C=C\C/C=C\CC)OC(=O)CCCCCCC/C=C\C/C=C\C/C=C\CC. The van der Waals surface area contributed by atoms with Gasteiger partial charge in [0.2, 0.25) is 0 Å². The van der Waals surface area contributed by atoms with E-state index in [1.54, 1.807) is 0 Å². The molecule has 6 nitrogen and oxygen atoms in total. The van der Waals surface area contributed by atoms with E-state index in [1.165, 1.54) is 38.5 Å². The Balaban J connectivity index is 4.42. The number of hydrogen-bond acceptors (Lipinski definition) is 6. The monoisotopic (exact) mass is 979 g/mol. The van der Waals surface area contributed by atoms with Crippen LogP contribution in [0.25, 0.3) is 0 Å². The lowest BCUT2D eigenvalue weighted by Gasteiger charge is -2.18. The fourth-order valence-corrected chi connectivity index (χ4v) is 7.20. The van der Waals surface area contributed by atoms with Gasteiger partial charge >= 0.3 is 17.9 Å². The second-order valence-electron chi connectivity index (χ2n) is 18.0. The zero-order valence-corrected chi connectivity index (χ0v) is 45.4. The van der Waals surface area contributed by atoms with Crippen molar-refractivity contribution < 1.29 is 28.6 Å². The summed E-state index contributed by atoms with van der Waals surface area (Å²) in [5.74, 6) is -1.03. The molecule has 71 heavy (non-hydrogen) atoms. The van der Waals surface area contributed by atoms with E-state index in [0.717, 1.165) is 141 Å². The van der Waals surface area contributed by atoms with Crippen LogP contribution in [0, 0.1) is 0 Å². The third-order valence-electron chi connectivity index (χ3n) is 11.3. The zero-order valence-electron chi connectivity index (χ0n) is 45.4. The Bertz CT molecular complexity index is 1590. The average molecular weight is 980 g/mol. The summed E-state index contributed by atoms with van der Waals surface area (Å²) in [7, 11) is 0. The summed E-state index contributed by atoms with van der Waals surface area (Å²) in [5.41, 5.74) is 0. The maximum atomic E-state index is 12.8. The smallest absolute Gasteiger partial charge is 0.306 e. The van der Waals surface area contributed by atoms with Crippen molar-refractivity contribution in [3.8, 4) is 0 Å². The number of esters is 3. The predicted molar refractivity (Wildman–Crippen MR) is 306 cm³/mol. The molecule has 0 saturated carbocycles. The second kappa shape index (κ2) is 57.9. The van der Waals surface area contributed by atoms with Gasteiger partial charge in [0, 0.05) is 19.3 Å². The van der Waals surface area contributed by atoms with Gasteiger partial charge in [0.25, 0.3) is 0 Å². The van der Waals surface area contributed by atoms with Crippen LogP contribution in [-0.4, -0.2) is 37.2 Å². The van der Waals surface area contributed by atoms with Crippen LogP contribution in [0.3, 0.4) is 0 Å². The highest BCUT2D eigenvalue weighted by Gasteiger charge is 2.19. The molecule has 0 fully saturated rings. The predicted octanol–water partition coefficient (Wildman–Crippen LogP) is 19.2. The fourth-order valence-electron chi connectivity index (χ4n) is 7.20. The van der Waals surface area contributed by atoms with Gasteiger partial charge in [0.15, 0.2) is 6.10 Å². The van der Waals surface area contributed by atoms with Crippen molar-refractivity contribution in [2.24, 2.45) is 0 Å². The lowest BCUT2D eigenvalue weighted by atomic mass is 10.1. The highest BCUT2D eigenvalue weighted by Crippen LogP contribution is 2.14. The molecule has 0 heterocycles. The minimum Gasteiger partial charge on any atom is -0.462 e. The summed E-state index contributed by atoms with van der Waals surface area (Å²) in [5, 5.41) is 0. The molecule has 0 aromatic heterocycles. The summed E-state index contributed by atoms with van der Waals surface area (Å²) in [4.78, 5) is 38.1. The van der Waals surface area contributed by atoms with Gasteiger partial charge in [-0.25, -0.2) is 0 Å². The first-order valence-electron chi connectivity index (χ1n) is 28.3. The lowest BCUT2D eigenvalue weighted by molar-refractivity contribution is -0.166. The van der Waals surface area contributed by atoms with E-state index in [2.05, 4.69) is 154 Å². The Labute approximate surface area is 436 Å². The van der Waals surface area contributed by atoms with Gasteiger partial charge in [-0.15, -0.1) is 0 Å². The quantitative estimate of drug-likeness (QED) is 0.0262. The van der Waals surface area contributed by atoms with E-state index < -0.39 is 6.10 Å². The van der Waals surface area contributed by atoms with E-state index in [0.29, 0.717) is 12.8 Å². The number of carbonyl (C=O) groups excluding carboxylic acids is 3. The third kappa shape index (κ3) is 56.1. The van der Waals surface area contributed by atoms with Gasteiger partial charge in [-0.3, -0.25) is 14.4 Å². The molecule has 1 unspecified atom stereocenters.